The Kier molecular flexibility index (Phi) is 4.59. The molecular formula is C18H20N4O2S. The summed E-state index contributed by atoms with van der Waals surface area (Å²) in [5.74, 6) is 0.0561. The minimum atomic E-state index is -0.527. The van der Waals surface area contributed by atoms with Crippen LogP contribution in [-0.2, 0) is 11.2 Å². The third kappa shape index (κ3) is 3.62. The van der Waals surface area contributed by atoms with E-state index in [9.17, 15) is 9.90 Å². The molecule has 4 rings (SSSR count). The van der Waals surface area contributed by atoms with Gasteiger partial charge in [0.2, 0.25) is 5.96 Å². The number of hydrogen-bond acceptors (Lipinski definition) is 6. The fourth-order valence-electron chi connectivity index (χ4n) is 3.31. The predicted octanol–water partition coefficient (Wildman–Crippen LogP) is 2.61. The van der Waals surface area contributed by atoms with Crippen molar-refractivity contribution in [3.05, 3.63) is 33.4 Å². The zero-order valence-electron chi connectivity index (χ0n) is 13.9. The second-order valence-corrected chi connectivity index (χ2v) is 7.41. The molecule has 130 valence electrons. The molecule has 1 aromatic heterocycles. The topological polar surface area (TPSA) is 86.9 Å². The van der Waals surface area contributed by atoms with E-state index in [0.717, 1.165) is 66.8 Å². The first-order valence-electron chi connectivity index (χ1n) is 8.69. The van der Waals surface area contributed by atoms with Crippen LogP contribution in [0.3, 0.4) is 0 Å². The third-order valence-electron chi connectivity index (χ3n) is 4.69. The average Bonchev–Trinajstić information content (AvgIpc) is 3.13. The van der Waals surface area contributed by atoms with Crippen LogP contribution in [0.4, 0.5) is 0 Å². The first-order valence-corrected chi connectivity index (χ1v) is 9.57. The van der Waals surface area contributed by atoms with Gasteiger partial charge in [0.1, 0.15) is 5.70 Å². The Morgan fingerprint density at radius 3 is 3.12 bits per heavy atom. The number of aromatic nitrogens is 1. The van der Waals surface area contributed by atoms with Gasteiger partial charge in [-0.2, -0.15) is 0 Å². The van der Waals surface area contributed by atoms with Crippen LogP contribution in [0.2, 0.25) is 0 Å². The lowest BCUT2D eigenvalue weighted by atomic mass is 10.0. The highest BCUT2D eigenvalue weighted by molar-refractivity contribution is 7.10. The van der Waals surface area contributed by atoms with Crippen molar-refractivity contribution in [1.29, 1.82) is 0 Å². The van der Waals surface area contributed by atoms with Crippen LogP contribution in [-0.4, -0.2) is 33.8 Å². The number of guanidine groups is 1. The molecule has 1 atom stereocenters. The maximum absolute atomic E-state index is 12.2. The molecule has 0 unspecified atom stereocenters. The highest BCUT2D eigenvalue weighted by Gasteiger charge is 2.23. The van der Waals surface area contributed by atoms with Crippen LogP contribution in [0.15, 0.2) is 32.8 Å². The van der Waals surface area contributed by atoms with Crippen molar-refractivity contribution in [2.45, 2.75) is 51.0 Å². The number of aryl methyl sites for hydroxylation is 1. The van der Waals surface area contributed by atoms with Gasteiger partial charge in [-0.15, -0.1) is 11.3 Å². The molecule has 0 aromatic carbocycles. The van der Waals surface area contributed by atoms with E-state index in [1.54, 1.807) is 11.3 Å². The van der Waals surface area contributed by atoms with Crippen LogP contribution >= 0.6 is 11.3 Å². The highest BCUT2D eigenvalue weighted by Crippen LogP contribution is 2.28. The van der Waals surface area contributed by atoms with Crippen LogP contribution in [0.25, 0.3) is 6.08 Å². The maximum atomic E-state index is 12.2. The summed E-state index contributed by atoms with van der Waals surface area (Å²) in [7, 11) is 0. The molecule has 0 saturated heterocycles. The van der Waals surface area contributed by atoms with Crippen molar-refractivity contribution in [3.8, 4) is 0 Å². The number of carbonyl (C=O) groups excluding carboxylic acids is 1. The van der Waals surface area contributed by atoms with Gasteiger partial charge in [0, 0.05) is 0 Å². The van der Waals surface area contributed by atoms with Gasteiger partial charge in [0.25, 0.3) is 5.91 Å². The summed E-state index contributed by atoms with van der Waals surface area (Å²) < 4.78 is 0. The van der Waals surface area contributed by atoms with Crippen LogP contribution in [0, 0.1) is 0 Å². The Labute approximate surface area is 150 Å². The number of aliphatic hydroxyl groups excluding tert-OH is 1. The molecule has 2 heterocycles. The Morgan fingerprint density at radius 1 is 1.28 bits per heavy atom. The Bertz CT molecular complexity index is 819. The summed E-state index contributed by atoms with van der Waals surface area (Å²) in [4.78, 5) is 26.4. The SMILES string of the molecule is O=C1NC(/N=C2\CCCCC[C@H]2O)=NC/1=C\C1=Cc2scnc2CC1. The van der Waals surface area contributed by atoms with E-state index in [0.29, 0.717) is 11.7 Å². The molecule has 7 heteroatoms. The van der Waals surface area contributed by atoms with E-state index in [1.807, 2.05) is 11.6 Å². The zero-order chi connectivity index (χ0) is 17.2. The number of aliphatic imine (C=N–C) groups is 2. The second kappa shape index (κ2) is 7.01. The number of hydrogen-bond donors (Lipinski definition) is 2. The van der Waals surface area contributed by atoms with E-state index in [1.165, 1.54) is 0 Å². The molecule has 1 saturated carbocycles. The summed E-state index contributed by atoms with van der Waals surface area (Å²) in [5.41, 5.74) is 5.16. The molecule has 0 radical (unpaired) electrons. The highest BCUT2D eigenvalue weighted by atomic mass is 32.1. The van der Waals surface area contributed by atoms with E-state index < -0.39 is 6.10 Å². The Morgan fingerprint density at radius 2 is 2.20 bits per heavy atom. The molecule has 1 aromatic rings. The average molecular weight is 356 g/mol. The number of fused-ring (bicyclic) bond motifs is 1. The number of carbonyl (C=O) groups is 1. The minimum absolute atomic E-state index is 0.238. The van der Waals surface area contributed by atoms with Crippen molar-refractivity contribution >= 4 is 35.0 Å². The number of allylic oxidation sites excluding steroid dienone is 2. The fourth-order valence-corrected chi connectivity index (χ4v) is 4.11. The van der Waals surface area contributed by atoms with Crippen molar-refractivity contribution in [2.24, 2.45) is 9.98 Å². The lowest BCUT2D eigenvalue weighted by Gasteiger charge is -2.09. The molecule has 3 aliphatic rings. The van der Waals surface area contributed by atoms with E-state index in [-0.39, 0.29) is 5.91 Å². The minimum Gasteiger partial charge on any atom is -0.387 e. The molecule has 0 spiro atoms. The normalized spacial score (nSPS) is 26.9. The van der Waals surface area contributed by atoms with Crippen molar-refractivity contribution in [3.63, 3.8) is 0 Å². The lowest BCUT2D eigenvalue weighted by molar-refractivity contribution is -0.115. The molecule has 2 aliphatic carbocycles. The zero-order valence-corrected chi connectivity index (χ0v) is 14.7. The fraction of sp³-hybridized carbons (Fsp3) is 0.444. The molecule has 6 nitrogen and oxygen atoms in total. The standard InChI is InChI=1S/C18H20N4O2S/c23-15-5-3-1-2-4-12(15)20-18-21-14(17(24)22-18)8-11-6-7-13-16(9-11)25-10-19-13/h8-10,15,23H,1-7H2,(H,21,22,24)/b14-8-,20-12+/t15-/m1/s1. The Balaban J connectivity index is 1.56. The van der Waals surface area contributed by atoms with Gasteiger partial charge in [-0.25, -0.2) is 15.0 Å². The summed E-state index contributed by atoms with van der Waals surface area (Å²) in [5, 5.41) is 12.9. The first-order chi connectivity index (χ1) is 12.2. The summed E-state index contributed by atoms with van der Waals surface area (Å²) in [6.45, 7) is 0. The van der Waals surface area contributed by atoms with Crippen molar-refractivity contribution < 1.29 is 9.90 Å². The summed E-state index contributed by atoms with van der Waals surface area (Å²) >= 11 is 1.61. The van der Waals surface area contributed by atoms with Gasteiger partial charge in [-0.05, 0) is 49.8 Å². The van der Waals surface area contributed by atoms with Crippen molar-refractivity contribution in [1.82, 2.24) is 10.3 Å². The maximum Gasteiger partial charge on any atom is 0.276 e. The first kappa shape index (κ1) is 16.4. The van der Waals surface area contributed by atoms with Gasteiger partial charge >= 0.3 is 0 Å². The van der Waals surface area contributed by atoms with Gasteiger partial charge in [-0.3, -0.25) is 10.1 Å². The van der Waals surface area contributed by atoms with Gasteiger partial charge in [-0.1, -0.05) is 12.8 Å². The number of thiazole rings is 1. The smallest absolute Gasteiger partial charge is 0.276 e. The van der Waals surface area contributed by atoms with E-state index >= 15 is 0 Å². The molecule has 25 heavy (non-hydrogen) atoms. The van der Waals surface area contributed by atoms with E-state index in [4.69, 9.17) is 0 Å². The lowest BCUT2D eigenvalue weighted by Crippen LogP contribution is -2.26. The van der Waals surface area contributed by atoms with Gasteiger partial charge in [0.15, 0.2) is 0 Å². The molecule has 2 N–H and O–H groups in total. The van der Waals surface area contributed by atoms with Gasteiger partial charge in [0.05, 0.1) is 27.9 Å². The van der Waals surface area contributed by atoms with Crippen LogP contribution in [0.5, 0.6) is 0 Å². The predicted molar refractivity (Wildman–Crippen MR) is 98.6 cm³/mol. The number of nitrogens with one attached hydrogen (secondary N) is 1. The van der Waals surface area contributed by atoms with Crippen LogP contribution in [0.1, 0.15) is 49.1 Å². The molecule has 1 amide bonds. The molecular weight excluding hydrogens is 336 g/mol. The third-order valence-corrected chi connectivity index (χ3v) is 5.51. The second-order valence-electron chi connectivity index (χ2n) is 6.52. The molecule has 1 aliphatic heterocycles. The van der Waals surface area contributed by atoms with Crippen LogP contribution < -0.4 is 5.32 Å². The number of rotatable bonds is 1. The van der Waals surface area contributed by atoms with E-state index in [2.05, 4.69) is 26.4 Å². The quantitative estimate of drug-likeness (QED) is 0.599. The molecule has 1 fully saturated rings. The largest absolute Gasteiger partial charge is 0.387 e. The van der Waals surface area contributed by atoms with Crippen molar-refractivity contribution in [2.75, 3.05) is 0 Å². The number of amides is 1. The number of aliphatic hydroxyl groups is 1. The number of nitrogens with zero attached hydrogens (tertiary/aromatic N) is 3. The summed E-state index contributed by atoms with van der Waals surface area (Å²) in [6.07, 6.45) is 9.74. The molecule has 0 bridgehead atoms. The summed E-state index contributed by atoms with van der Waals surface area (Å²) in [6, 6.07) is 0. The van der Waals surface area contributed by atoms with Gasteiger partial charge < -0.3 is 5.11 Å². The monoisotopic (exact) mass is 356 g/mol. The Hall–Kier alpha value is -2.12.